The summed E-state index contributed by atoms with van der Waals surface area (Å²) in [4.78, 5) is 12.9. The number of nitrogens with zero attached hydrogens (tertiary/aromatic N) is 1. The van der Waals surface area contributed by atoms with Crippen LogP contribution in [0.25, 0.3) is 0 Å². The maximum Gasteiger partial charge on any atom is 0.312 e. The fourth-order valence-corrected chi connectivity index (χ4v) is 2.95. The van der Waals surface area contributed by atoms with Crippen molar-refractivity contribution in [2.24, 2.45) is 16.2 Å². The molecule has 0 radical (unpaired) electrons. The molecule has 0 bridgehead atoms. The van der Waals surface area contributed by atoms with Crippen LogP contribution in [0, 0.1) is 16.2 Å². The van der Waals surface area contributed by atoms with E-state index >= 15 is 0 Å². The molecule has 138 valence electrons. The van der Waals surface area contributed by atoms with E-state index in [1.807, 2.05) is 0 Å². The zero-order valence-electron chi connectivity index (χ0n) is 17.5. The van der Waals surface area contributed by atoms with Gasteiger partial charge in [0.15, 0.2) is 0 Å². The average molecular weight is 329 g/mol. The first-order chi connectivity index (χ1) is 10.1. The van der Waals surface area contributed by atoms with E-state index in [1.54, 1.807) is 0 Å². The summed E-state index contributed by atoms with van der Waals surface area (Å²) in [7, 11) is 4.42. The molecule has 0 rings (SSSR count). The lowest BCUT2D eigenvalue weighted by atomic mass is 9.61. The van der Waals surface area contributed by atoms with E-state index in [0.717, 1.165) is 24.0 Å². The Balaban J connectivity index is 4.82. The molecule has 0 spiro atoms. The highest BCUT2D eigenvalue weighted by Gasteiger charge is 2.47. The minimum Gasteiger partial charge on any atom is -0.459 e. The van der Waals surface area contributed by atoms with Gasteiger partial charge in [-0.1, -0.05) is 54.9 Å². The number of esters is 1. The molecule has 0 aliphatic heterocycles. The topological polar surface area (TPSA) is 26.3 Å². The summed E-state index contributed by atoms with van der Waals surface area (Å²) in [5, 5.41) is 0. The number of quaternary nitrogens is 1. The van der Waals surface area contributed by atoms with Gasteiger partial charge in [-0.05, 0) is 30.6 Å². The Morgan fingerprint density at radius 1 is 0.957 bits per heavy atom. The largest absolute Gasteiger partial charge is 0.459 e. The van der Waals surface area contributed by atoms with Crippen LogP contribution in [0.3, 0.4) is 0 Å². The summed E-state index contributed by atoms with van der Waals surface area (Å²) in [5.74, 6) is -0.0459. The lowest BCUT2D eigenvalue weighted by molar-refractivity contribution is -0.890. The molecule has 1 atom stereocenters. The number of hydrogen-bond donors (Lipinski definition) is 0. The van der Waals surface area contributed by atoms with E-state index in [2.05, 4.69) is 69.5 Å². The van der Waals surface area contributed by atoms with Crippen LogP contribution in [0.1, 0.15) is 74.7 Å². The highest BCUT2D eigenvalue weighted by Crippen LogP contribution is 2.47. The first kappa shape index (κ1) is 22.4. The van der Waals surface area contributed by atoms with Crippen LogP contribution in [0.5, 0.6) is 0 Å². The fraction of sp³-hybridized carbons (Fsp3) is 0.950. The van der Waals surface area contributed by atoms with E-state index in [4.69, 9.17) is 4.74 Å². The predicted octanol–water partition coefficient (Wildman–Crippen LogP) is 4.89. The molecular formula is C20H42NO2+. The lowest BCUT2D eigenvalue weighted by Crippen LogP contribution is -2.47. The van der Waals surface area contributed by atoms with Crippen molar-refractivity contribution in [1.82, 2.24) is 0 Å². The summed E-state index contributed by atoms with van der Waals surface area (Å²) in [6.45, 7) is 19.8. The Kier molecular flexibility index (Phi) is 7.81. The first-order valence-corrected chi connectivity index (χ1v) is 9.14. The molecule has 0 saturated heterocycles. The van der Waals surface area contributed by atoms with Gasteiger partial charge in [0, 0.05) is 0 Å². The third-order valence-electron chi connectivity index (χ3n) is 5.04. The Morgan fingerprint density at radius 3 is 1.87 bits per heavy atom. The quantitative estimate of drug-likeness (QED) is 0.468. The number of ether oxygens (including phenoxy) is 1. The van der Waals surface area contributed by atoms with Crippen molar-refractivity contribution in [3.05, 3.63) is 0 Å². The Labute approximate surface area is 145 Å². The highest BCUT2D eigenvalue weighted by molar-refractivity contribution is 5.77. The summed E-state index contributed by atoms with van der Waals surface area (Å²) in [5.41, 5.74) is -0.493. The Bertz CT molecular complexity index is 374. The number of unbranched alkanes of at least 4 members (excludes halogenated alkanes) is 1. The third-order valence-corrected chi connectivity index (χ3v) is 5.04. The maximum atomic E-state index is 12.9. The summed E-state index contributed by atoms with van der Waals surface area (Å²) >= 11 is 0. The smallest absolute Gasteiger partial charge is 0.312 e. The summed E-state index contributed by atoms with van der Waals surface area (Å²) in [6.07, 6.45) is 3.25. The van der Waals surface area contributed by atoms with Gasteiger partial charge in [0.2, 0.25) is 0 Å². The Morgan fingerprint density at radius 2 is 1.48 bits per heavy atom. The van der Waals surface area contributed by atoms with E-state index < -0.39 is 5.41 Å². The molecule has 23 heavy (non-hydrogen) atoms. The highest BCUT2D eigenvalue weighted by atomic mass is 16.5. The van der Waals surface area contributed by atoms with Gasteiger partial charge in [0.1, 0.15) is 13.2 Å². The van der Waals surface area contributed by atoms with Crippen molar-refractivity contribution in [2.75, 3.05) is 33.8 Å². The van der Waals surface area contributed by atoms with Gasteiger partial charge in [-0.2, -0.15) is 0 Å². The zero-order valence-corrected chi connectivity index (χ0v) is 17.5. The van der Waals surface area contributed by atoms with Gasteiger partial charge in [-0.25, -0.2) is 0 Å². The van der Waals surface area contributed by atoms with Crippen molar-refractivity contribution < 1.29 is 14.0 Å². The molecule has 0 heterocycles. The van der Waals surface area contributed by atoms with Crippen molar-refractivity contribution >= 4 is 5.97 Å². The van der Waals surface area contributed by atoms with Crippen LogP contribution in [0.2, 0.25) is 0 Å². The Hall–Kier alpha value is -0.570. The standard InChI is InChI=1S/C20H42NO2/c1-11-12-13-21(9,10)14-15-23-17(22)20(8,19(5,6)7)16-18(2,3)4/h11-16H2,1-10H3/q+1. The van der Waals surface area contributed by atoms with Crippen LogP contribution in [0.4, 0.5) is 0 Å². The molecule has 3 heteroatoms. The second-order valence-corrected chi connectivity index (χ2v) is 10.2. The monoisotopic (exact) mass is 328 g/mol. The zero-order chi connectivity index (χ0) is 18.5. The molecule has 0 aliphatic carbocycles. The molecule has 0 aliphatic rings. The van der Waals surface area contributed by atoms with Crippen LogP contribution in [-0.4, -0.2) is 44.2 Å². The number of carbonyl (C=O) groups is 1. The van der Waals surface area contributed by atoms with E-state index in [0.29, 0.717) is 6.61 Å². The SMILES string of the molecule is CCCC[N+](C)(C)CCOC(=O)C(C)(CC(C)(C)C)C(C)(C)C. The molecule has 0 saturated carbocycles. The fourth-order valence-electron chi connectivity index (χ4n) is 2.95. The normalized spacial score (nSPS) is 16.1. The molecule has 3 nitrogen and oxygen atoms in total. The molecular weight excluding hydrogens is 286 g/mol. The number of carbonyl (C=O) groups excluding carboxylic acids is 1. The van der Waals surface area contributed by atoms with E-state index in [-0.39, 0.29) is 16.8 Å². The van der Waals surface area contributed by atoms with Crippen molar-refractivity contribution in [3.63, 3.8) is 0 Å². The van der Waals surface area contributed by atoms with Crippen LogP contribution >= 0.6 is 0 Å². The van der Waals surface area contributed by atoms with E-state index in [9.17, 15) is 4.79 Å². The van der Waals surface area contributed by atoms with Gasteiger partial charge >= 0.3 is 5.97 Å². The van der Waals surface area contributed by atoms with Gasteiger partial charge < -0.3 is 9.22 Å². The van der Waals surface area contributed by atoms with Crippen molar-refractivity contribution in [3.8, 4) is 0 Å². The van der Waals surface area contributed by atoms with Crippen LogP contribution < -0.4 is 0 Å². The summed E-state index contributed by atoms with van der Waals surface area (Å²) in [6, 6.07) is 0. The predicted molar refractivity (Wildman–Crippen MR) is 99.3 cm³/mol. The van der Waals surface area contributed by atoms with Crippen molar-refractivity contribution in [1.29, 1.82) is 0 Å². The molecule has 0 fully saturated rings. The number of hydrogen-bond acceptors (Lipinski definition) is 2. The van der Waals surface area contributed by atoms with Crippen molar-refractivity contribution in [2.45, 2.75) is 74.7 Å². The average Bonchev–Trinajstić information content (AvgIpc) is 2.32. The van der Waals surface area contributed by atoms with E-state index in [1.165, 1.54) is 12.8 Å². The molecule has 0 aromatic carbocycles. The lowest BCUT2D eigenvalue weighted by Gasteiger charge is -2.43. The minimum atomic E-state index is -0.466. The molecule has 0 N–H and O–H groups in total. The van der Waals surface area contributed by atoms with Gasteiger partial charge in [-0.3, -0.25) is 4.79 Å². The second-order valence-electron chi connectivity index (χ2n) is 10.2. The molecule has 0 amide bonds. The second kappa shape index (κ2) is 8.00. The summed E-state index contributed by atoms with van der Waals surface area (Å²) < 4.78 is 6.65. The molecule has 0 aromatic rings. The number of rotatable bonds is 8. The molecule has 0 aromatic heterocycles. The van der Waals surface area contributed by atoms with Crippen LogP contribution in [0.15, 0.2) is 0 Å². The first-order valence-electron chi connectivity index (χ1n) is 9.14. The van der Waals surface area contributed by atoms with Gasteiger partial charge in [0.05, 0.1) is 26.1 Å². The minimum absolute atomic E-state index is 0.0459. The van der Waals surface area contributed by atoms with Crippen LogP contribution in [-0.2, 0) is 9.53 Å². The molecule has 1 unspecified atom stereocenters. The van der Waals surface area contributed by atoms with Gasteiger partial charge in [-0.15, -0.1) is 0 Å². The third kappa shape index (κ3) is 7.69. The number of likely N-dealkylation sites (N-methyl/N-ethyl adjacent to an activating group) is 1. The maximum absolute atomic E-state index is 12.9. The van der Waals surface area contributed by atoms with Gasteiger partial charge in [0.25, 0.3) is 0 Å².